The fraction of sp³-hybridized carbons (Fsp3) is 0.0588. The van der Waals surface area contributed by atoms with Crippen LogP contribution in [0.4, 0.5) is 11.4 Å². The third-order valence-corrected chi connectivity index (χ3v) is 3.37. The molecule has 0 amide bonds. The molecule has 0 spiro atoms. The van der Waals surface area contributed by atoms with Crippen LogP contribution in [0.5, 0.6) is 0 Å². The van der Waals surface area contributed by atoms with Gasteiger partial charge in [-0.2, -0.15) is 5.10 Å². The summed E-state index contributed by atoms with van der Waals surface area (Å²) in [5.41, 5.74) is 5.96. The molecule has 0 saturated heterocycles. The monoisotopic (exact) mass is 306 g/mol. The lowest BCUT2D eigenvalue weighted by Crippen LogP contribution is -1.97. The van der Waals surface area contributed by atoms with Crippen LogP contribution < -0.4 is 5.43 Å². The molecule has 0 unspecified atom stereocenters. The summed E-state index contributed by atoms with van der Waals surface area (Å²) in [6.07, 6.45) is 1.45. The minimum absolute atomic E-state index is 0.0221. The Morgan fingerprint density at radius 1 is 1.17 bits per heavy atom. The van der Waals surface area contributed by atoms with E-state index in [1.165, 1.54) is 12.3 Å². The molecule has 6 nitrogen and oxygen atoms in total. The first-order valence-electron chi connectivity index (χ1n) is 7.04. The predicted octanol–water partition coefficient (Wildman–Crippen LogP) is 3.90. The van der Waals surface area contributed by atoms with E-state index < -0.39 is 4.92 Å². The summed E-state index contributed by atoms with van der Waals surface area (Å²) in [5.74, 6) is 0. The van der Waals surface area contributed by atoms with Crippen molar-refractivity contribution < 1.29 is 4.92 Å². The summed E-state index contributed by atoms with van der Waals surface area (Å²) in [6.45, 7) is 1.91. The van der Waals surface area contributed by atoms with Crippen LogP contribution >= 0.6 is 0 Å². The maximum absolute atomic E-state index is 11.0. The van der Waals surface area contributed by atoms with Crippen molar-refractivity contribution >= 4 is 28.5 Å². The normalized spacial score (nSPS) is 11.0. The Morgan fingerprint density at radius 2 is 1.91 bits per heavy atom. The van der Waals surface area contributed by atoms with E-state index >= 15 is 0 Å². The van der Waals surface area contributed by atoms with Gasteiger partial charge in [-0.05, 0) is 25.1 Å². The SMILES string of the molecule is Cc1cc(N/N=C/c2ccccc2[N+](=O)[O-])c2ccccc2n1. The first-order chi connectivity index (χ1) is 11.1. The van der Waals surface area contributed by atoms with E-state index in [1.807, 2.05) is 37.3 Å². The van der Waals surface area contributed by atoms with Gasteiger partial charge in [-0.25, -0.2) is 0 Å². The summed E-state index contributed by atoms with van der Waals surface area (Å²) < 4.78 is 0. The number of hydrazone groups is 1. The number of nitro benzene ring substituents is 1. The number of para-hydroxylation sites is 2. The average Bonchev–Trinajstić information content (AvgIpc) is 2.55. The Kier molecular flexibility index (Phi) is 3.97. The van der Waals surface area contributed by atoms with Gasteiger partial charge in [-0.1, -0.05) is 30.3 Å². The molecule has 0 aliphatic heterocycles. The van der Waals surface area contributed by atoms with Crippen LogP contribution in [0.3, 0.4) is 0 Å². The molecule has 6 heteroatoms. The molecule has 0 saturated carbocycles. The lowest BCUT2D eigenvalue weighted by Gasteiger charge is -2.06. The number of nitrogens with zero attached hydrogens (tertiary/aromatic N) is 3. The second-order valence-electron chi connectivity index (χ2n) is 5.01. The zero-order valence-electron chi connectivity index (χ0n) is 12.4. The summed E-state index contributed by atoms with van der Waals surface area (Å²) in [7, 11) is 0. The fourth-order valence-corrected chi connectivity index (χ4v) is 2.33. The second kappa shape index (κ2) is 6.23. The van der Waals surface area contributed by atoms with Crippen molar-refractivity contribution in [2.24, 2.45) is 5.10 Å². The maximum atomic E-state index is 11.0. The van der Waals surface area contributed by atoms with Gasteiger partial charge >= 0.3 is 0 Å². The number of hydrogen-bond acceptors (Lipinski definition) is 5. The number of aromatic nitrogens is 1. The molecular formula is C17H14N4O2. The van der Waals surface area contributed by atoms with Crippen molar-refractivity contribution in [3.8, 4) is 0 Å². The van der Waals surface area contributed by atoms with Gasteiger partial charge in [0.2, 0.25) is 0 Å². The van der Waals surface area contributed by atoms with Crippen molar-refractivity contribution in [2.45, 2.75) is 6.92 Å². The van der Waals surface area contributed by atoms with E-state index in [2.05, 4.69) is 15.5 Å². The summed E-state index contributed by atoms with van der Waals surface area (Å²) in [4.78, 5) is 15.0. The maximum Gasteiger partial charge on any atom is 0.278 e. The van der Waals surface area contributed by atoms with Gasteiger partial charge in [0.15, 0.2) is 0 Å². The molecule has 0 atom stereocenters. The van der Waals surface area contributed by atoms with Crippen LogP contribution in [0, 0.1) is 17.0 Å². The molecule has 0 radical (unpaired) electrons. The molecule has 1 heterocycles. The molecule has 1 aromatic heterocycles. The number of nitrogens with one attached hydrogen (secondary N) is 1. The smallest absolute Gasteiger partial charge is 0.278 e. The summed E-state index contributed by atoms with van der Waals surface area (Å²) in [5, 5.41) is 16.1. The fourth-order valence-electron chi connectivity index (χ4n) is 2.33. The highest BCUT2D eigenvalue weighted by atomic mass is 16.6. The van der Waals surface area contributed by atoms with Crippen molar-refractivity contribution in [2.75, 3.05) is 5.43 Å². The number of benzene rings is 2. The molecule has 0 bridgehead atoms. The lowest BCUT2D eigenvalue weighted by molar-refractivity contribution is -0.385. The van der Waals surface area contributed by atoms with Crippen LogP contribution in [0.1, 0.15) is 11.3 Å². The van der Waals surface area contributed by atoms with Crippen LogP contribution in [0.25, 0.3) is 10.9 Å². The number of nitro groups is 1. The van der Waals surface area contributed by atoms with Gasteiger partial charge in [0.25, 0.3) is 5.69 Å². The van der Waals surface area contributed by atoms with Crippen LogP contribution in [0.15, 0.2) is 59.7 Å². The Bertz CT molecular complexity index is 906. The number of rotatable bonds is 4. The lowest BCUT2D eigenvalue weighted by atomic mass is 10.1. The van der Waals surface area contributed by atoms with Crippen molar-refractivity contribution in [1.82, 2.24) is 4.98 Å². The third kappa shape index (κ3) is 3.16. The van der Waals surface area contributed by atoms with Crippen molar-refractivity contribution in [1.29, 1.82) is 0 Å². The van der Waals surface area contributed by atoms with Crippen LogP contribution in [0.2, 0.25) is 0 Å². The molecular weight excluding hydrogens is 292 g/mol. The molecule has 3 rings (SSSR count). The molecule has 0 aliphatic carbocycles. The number of fused-ring (bicyclic) bond motifs is 1. The highest BCUT2D eigenvalue weighted by Gasteiger charge is 2.10. The van der Waals surface area contributed by atoms with Crippen molar-refractivity contribution in [3.05, 3.63) is 76.0 Å². The molecule has 0 fully saturated rings. The van der Waals surface area contributed by atoms with Gasteiger partial charge in [0, 0.05) is 17.1 Å². The van der Waals surface area contributed by atoms with Gasteiger partial charge in [-0.15, -0.1) is 0 Å². The Balaban J connectivity index is 1.91. The van der Waals surface area contributed by atoms with E-state index in [4.69, 9.17) is 0 Å². The molecule has 2 aromatic carbocycles. The minimum Gasteiger partial charge on any atom is -0.278 e. The first-order valence-corrected chi connectivity index (χ1v) is 7.04. The molecule has 3 aromatic rings. The van der Waals surface area contributed by atoms with E-state index in [9.17, 15) is 10.1 Å². The Morgan fingerprint density at radius 3 is 2.74 bits per heavy atom. The van der Waals surface area contributed by atoms with Gasteiger partial charge in [-0.3, -0.25) is 20.5 Å². The summed E-state index contributed by atoms with van der Waals surface area (Å²) in [6, 6.07) is 16.1. The van der Waals surface area contributed by atoms with E-state index in [0.29, 0.717) is 5.56 Å². The van der Waals surface area contributed by atoms with Crippen LogP contribution in [-0.2, 0) is 0 Å². The van der Waals surface area contributed by atoms with Crippen molar-refractivity contribution in [3.63, 3.8) is 0 Å². The highest BCUT2D eigenvalue weighted by Crippen LogP contribution is 2.23. The molecule has 23 heavy (non-hydrogen) atoms. The van der Waals surface area contributed by atoms with Gasteiger partial charge in [0.05, 0.1) is 27.9 Å². The summed E-state index contributed by atoms with van der Waals surface area (Å²) >= 11 is 0. The third-order valence-electron chi connectivity index (χ3n) is 3.37. The predicted molar refractivity (Wildman–Crippen MR) is 90.8 cm³/mol. The van der Waals surface area contributed by atoms with Crippen LogP contribution in [-0.4, -0.2) is 16.1 Å². The average molecular weight is 306 g/mol. The number of hydrogen-bond donors (Lipinski definition) is 1. The quantitative estimate of drug-likeness (QED) is 0.450. The standard InChI is InChI=1S/C17H14N4O2/c1-12-10-16(14-7-3-4-8-15(14)19-12)20-18-11-13-6-2-5-9-17(13)21(22)23/h2-11H,1H3,(H,19,20)/b18-11+. The van der Waals surface area contributed by atoms with E-state index in [0.717, 1.165) is 22.3 Å². The number of aryl methyl sites for hydroxylation is 1. The Hall–Kier alpha value is -3.28. The van der Waals surface area contributed by atoms with E-state index in [-0.39, 0.29) is 5.69 Å². The number of pyridine rings is 1. The Labute approximate surface area is 132 Å². The topological polar surface area (TPSA) is 80.4 Å². The molecule has 114 valence electrons. The van der Waals surface area contributed by atoms with Gasteiger partial charge < -0.3 is 0 Å². The largest absolute Gasteiger partial charge is 0.278 e. The molecule has 1 N–H and O–H groups in total. The van der Waals surface area contributed by atoms with E-state index in [1.54, 1.807) is 18.2 Å². The number of anilines is 1. The molecule has 0 aliphatic rings. The highest BCUT2D eigenvalue weighted by molar-refractivity contribution is 5.92. The second-order valence-corrected chi connectivity index (χ2v) is 5.01. The van der Waals surface area contributed by atoms with Gasteiger partial charge in [0.1, 0.15) is 0 Å². The zero-order valence-corrected chi connectivity index (χ0v) is 12.4. The zero-order chi connectivity index (χ0) is 16.2. The minimum atomic E-state index is -0.423. The first kappa shape index (κ1) is 14.6.